The highest BCUT2D eigenvalue weighted by atomic mass is 19.1. The third-order valence-electron chi connectivity index (χ3n) is 1.59. The van der Waals surface area contributed by atoms with E-state index in [1.54, 1.807) is 6.92 Å². The Morgan fingerprint density at radius 2 is 2.36 bits per heavy atom. The van der Waals surface area contributed by atoms with E-state index in [0.29, 0.717) is 0 Å². The summed E-state index contributed by atoms with van der Waals surface area (Å²) >= 11 is 0. The van der Waals surface area contributed by atoms with E-state index in [0.717, 1.165) is 12.3 Å². The third-order valence-corrected chi connectivity index (χ3v) is 1.59. The minimum absolute atomic E-state index is 0.0726. The molecule has 0 aromatic carbocycles. The number of hydrogen-bond donors (Lipinski definition) is 1. The predicted molar refractivity (Wildman–Crippen MR) is 47.4 cm³/mol. The van der Waals surface area contributed by atoms with Gasteiger partial charge >= 0.3 is 5.97 Å². The molecular weight excluding hydrogens is 189 g/mol. The Bertz CT molecular complexity index is 386. The maximum Gasteiger partial charge on any atom is 0.310 e. The molecule has 14 heavy (non-hydrogen) atoms. The molecule has 0 radical (unpaired) electrons. The second-order valence-electron chi connectivity index (χ2n) is 2.65. The normalized spacial score (nSPS) is 9.86. The van der Waals surface area contributed by atoms with E-state index in [2.05, 4.69) is 9.72 Å². The summed E-state index contributed by atoms with van der Waals surface area (Å²) in [4.78, 5) is 24.2. The van der Waals surface area contributed by atoms with Gasteiger partial charge in [-0.1, -0.05) is 0 Å². The van der Waals surface area contributed by atoms with Crippen LogP contribution in [0.4, 0.5) is 4.39 Å². The first-order chi connectivity index (χ1) is 6.63. The van der Waals surface area contributed by atoms with Gasteiger partial charge in [0.25, 0.3) is 5.56 Å². The minimum Gasteiger partial charge on any atom is -0.466 e. The van der Waals surface area contributed by atoms with Gasteiger partial charge in [0.2, 0.25) is 0 Å². The van der Waals surface area contributed by atoms with Crippen LogP contribution in [0.15, 0.2) is 17.1 Å². The van der Waals surface area contributed by atoms with E-state index < -0.39 is 17.3 Å². The number of halogens is 1. The Morgan fingerprint density at radius 3 is 3.00 bits per heavy atom. The van der Waals surface area contributed by atoms with Crippen molar-refractivity contribution >= 4 is 5.97 Å². The van der Waals surface area contributed by atoms with Crippen molar-refractivity contribution in [3.63, 3.8) is 0 Å². The molecule has 1 rings (SSSR count). The lowest BCUT2D eigenvalue weighted by Crippen LogP contribution is -2.17. The van der Waals surface area contributed by atoms with E-state index in [4.69, 9.17) is 0 Å². The van der Waals surface area contributed by atoms with E-state index >= 15 is 0 Å². The Balaban J connectivity index is 2.81. The van der Waals surface area contributed by atoms with E-state index in [9.17, 15) is 14.0 Å². The Hall–Kier alpha value is -1.65. The quantitative estimate of drug-likeness (QED) is 0.726. The molecule has 0 fully saturated rings. The highest BCUT2D eigenvalue weighted by molar-refractivity contribution is 5.72. The molecule has 0 spiro atoms. The van der Waals surface area contributed by atoms with Crippen LogP contribution < -0.4 is 5.56 Å². The number of carbonyl (C=O) groups excluding carboxylic acids is 1. The zero-order valence-corrected chi connectivity index (χ0v) is 7.67. The Kier molecular flexibility index (Phi) is 3.39. The summed E-state index contributed by atoms with van der Waals surface area (Å²) in [7, 11) is 0. The number of rotatable bonds is 3. The fourth-order valence-electron chi connectivity index (χ4n) is 1.000. The molecule has 1 aromatic heterocycles. The molecule has 0 amide bonds. The zero-order valence-electron chi connectivity index (χ0n) is 7.67. The van der Waals surface area contributed by atoms with Gasteiger partial charge in [-0.05, 0) is 13.0 Å². The second-order valence-corrected chi connectivity index (χ2v) is 2.65. The van der Waals surface area contributed by atoms with Crippen molar-refractivity contribution in [1.29, 1.82) is 0 Å². The third kappa shape index (κ3) is 2.69. The van der Waals surface area contributed by atoms with Crippen molar-refractivity contribution in [3.05, 3.63) is 34.0 Å². The minimum atomic E-state index is -0.580. The molecule has 5 heteroatoms. The van der Waals surface area contributed by atoms with Gasteiger partial charge in [0.1, 0.15) is 5.82 Å². The number of esters is 1. The molecule has 1 N–H and O–H groups in total. The largest absolute Gasteiger partial charge is 0.466 e. The fourth-order valence-corrected chi connectivity index (χ4v) is 1.000. The van der Waals surface area contributed by atoms with Crippen molar-refractivity contribution in [3.8, 4) is 0 Å². The SMILES string of the molecule is CCOC(=O)Cc1cc(F)c[nH]c1=O. The summed E-state index contributed by atoms with van der Waals surface area (Å²) in [5, 5.41) is 0. The molecule has 0 atom stereocenters. The van der Waals surface area contributed by atoms with Crippen LogP contribution in [0.3, 0.4) is 0 Å². The lowest BCUT2D eigenvalue weighted by Gasteiger charge is -2.00. The molecule has 0 bridgehead atoms. The van der Waals surface area contributed by atoms with Gasteiger partial charge < -0.3 is 9.72 Å². The van der Waals surface area contributed by atoms with Crippen molar-refractivity contribution in [2.75, 3.05) is 6.61 Å². The van der Waals surface area contributed by atoms with Gasteiger partial charge in [-0.15, -0.1) is 0 Å². The summed E-state index contributed by atoms with van der Waals surface area (Å²) in [6, 6.07) is 1.02. The summed E-state index contributed by atoms with van der Waals surface area (Å²) < 4.78 is 17.3. The lowest BCUT2D eigenvalue weighted by atomic mass is 10.2. The number of hydrogen-bond acceptors (Lipinski definition) is 3. The van der Waals surface area contributed by atoms with E-state index in [1.807, 2.05) is 0 Å². The number of pyridine rings is 1. The number of aromatic nitrogens is 1. The van der Waals surface area contributed by atoms with Crippen LogP contribution in [0.25, 0.3) is 0 Å². The average Bonchev–Trinajstić information content (AvgIpc) is 2.12. The summed E-state index contributed by atoms with van der Waals surface area (Å²) in [5.41, 5.74) is -0.400. The van der Waals surface area contributed by atoms with Crippen LogP contribution in [-0.4, -0.2) is 17.6 Å². The maximum atomic E-state index is 12.7. The van der Waals surface area contributed by atoms with Crippen molar-refractivity contribution in [1.82, 2.24) is 4.98 Å². The number of carbonyl (C=O) groups is 1. The van der Waals surface area contributed by atoms with Crippen LogP contribution in [0.5, 0.6) is 0 Å². The van der Waals surface area contributed by atoms with Crippen molar-refractivity contribution in [2.24, 2.45) is 0 Å². The van der Waals surface area contributed by atoms with Crippen LogP contribution in [0, 0.1) is 5.82 Å². The van der Waals surface area contributed by atoms with Gasteiger partial charge in [-0.3, -0.25) is 9.59 Å². The second kappa shape index (κ2) is 4.55. The van der Waals surface area contributed by atoms with E-state index in [-0.39, 0.29) is 18.6 Å². The number of aromatic amines is 1. The van der Waals surface area contributed by atoms with Gasteiger partial charge in [-0.25, -0.2) is 4.39 Å². The fraction of sp³-hybridized carbons (Fsp3) is 0.333. The average molecular weight is 199 g/mol. The molecular formula is C9H10FNO3. The van der Waals surface area contributed by atoms with Crippen LogP contribution in [0.1, 0.15) is 12.5 Å². The molecule has 76 valence electrons. The molecule has 0 aliphatic rings. The molecule has 0 unspecified atom stereocenters. The summed E-state index contributed by atoms with van der Waals surface area (Å²) in [6.45, 7) is 1.90. The van der Waals surface area contributed by atoms with Crippen LogP contribution >= 0.6 is 0 Å². The first-order valence-electron chi connectivity index (χ1n) is 4.16. The first kappa shape index (κ1) is 10.4. The summed E-state index contributed by atoms with van der Waals surface area (Å²) in [6.07, 6.45) is 0.734. The van der Waals surface area contributed by atoms with Gasteiger partial charge in [-0.2, -0.15) is 0 Å². The number of nitrogens with one attached hydrogen (secondary N) is 1. The monoisotopic (exact) mass is 199 g/mol. The van der Waals surface area contributed by atoms with Gasteiger partial charge in [0.05, 0.1) is 13.0 Å². The van der Waals surface area contributed by atoms with Crippen molar-refractivity contribution in [2.45, 2.75) is 13.3 Å². The smallest absolute Gasteiger partial charge is 0.310 e. The van der Waals surface area contributed by atoms with Gasteiger partial charge in [0, 0.05) is 11.8 Å². The van der Waals surface area contributed by atoms with Gasteiger partial charge in [0.15, 0.2) is 0 Å². The molecule has 0 saturated carbocycles. The number of ether oxygens (including phenoxy) is 1. The molecule has 1 heterocycles. The summed E-state index contributed by atoms with van der Waals surface area (Å²) in [5.74, 6) is -1.12. The first-order valence-corrected chi connectivity index (χ1v) is 4.16. The van der Waals surface area contributed by atoms with Crippen LogP contribution in [-0.2, 0) is 16.0 Å². The van der Waals surface area contributed by atoms with Crippen molar-refractivity contribution < 1.29 is 13.9 Å². The highest BCUT2D eigenvalue weighted by Gasteiger charge is 2.08. The molecule has 0 saturated heterocycles. The zero-order chi connectivity index (χ0) is 10.6. The lowest BCUT2D eigenvalue weighted by molar-refractivity contribution is -0.142. The maximum absolute atomic E-state index is 12.7. The standard InChI is InChI=1S/C9H10FNO3/c1-2-14-8(12)4-6-3-7(10)5-11-9(6)13/h3,5H,2,4H2,1H3,(H,11,13). The Labute approximate surface area is 79.7 Å². The topological polar surface area (TPSA) is 59.2 Å². The molecule has 1 aromatic rings. The molecule has 0 aliphatic carbocycles. The molecule has 4 nitrogen and oxygen atoms in total. The predicted octanol–water partition coefficient (Wildman–Crippen LogP) is 0.620. The van der Waals surface area contributed by atoms with E-state index in [1.165, 1.54) is 0 Å². The highest BCUT2D eigenvalue weighted by Crippen LogP contribution is 1.98. The Morgan fingerprint density at radius 1 is 1.64 bits per heavy atom. The molecule has 0 aliphatic heterocycles. The number of H-pyrrole nitrogens is 1. The van der Waals surface area contributed by atoms with Crippen LogP contribution in [0.2, 0.25) is 0 Å².